The molecule has 168 valence electrons. The SMILES string of the molecule is CC1C=C(COCc2cn([C@H]3CC(O)=C(CO)O3)c(=O)[nH]c2=O)C(c2ccccc2)=CC1. The van der Waals surface area contributed by atoms with Crippen LogP contribution in [0, 0.1) is 5.92 Å². The largest absolute Gasteiger partial charge is 0.508 e. The Morgan fingerprint density at radius 1 is 1.22 bits per heavy atom. The van der Waals surface area contributed by atoms with E-state index in [1.807, 2.05) is 18.2 Å². The van der Waals surface area contributed by atoms with E-state index in [0.29, 0.717) is 12.5 Å². The summed E-state index contributed by atoms with van der Waals surface area (Å²) in [6, 6.07) is 10.1. The lowest BCUT2D eigenvalue weighted by Crippen LogP contribution is -2.34. The number of aliphatic hydroxyl groups excluding tert-OH is 2. The van der Waals surface area contributed by atoms with Crippen LogP contribution in [0.25, 0.3) is 5.57 Å². The van der Waals surface area contributed by atoms with Crippen LogP contribution in [0.5, 0.6) is 0 Å². The van der Waals surface area contributed by atoms with Crippen LogP contribution in [0.1, 0.15) is 37.1 Å². The van der Waals surface area contributed by atoms with E-state index in [2.05, 4.69) is 36.2 Å². The van der Waals surface area contributed by atoms with E-state index >= 15 is 0 Å². The van der Waals surface area contributed by atoms with Gasteiger partial charge in [0.1, 0.15) is 12.4 Å². The van der Waals surface area contributed by atoms with E-state index in [-0.39, 0.29) is 30.1 Å². The zero-order chi connectivity index (χ0) is 22.7. The van der Waals surface area contributed by atoms with Gasteiger partial charge < -0.3 is 19.7 Å². The topological polar surface area (TPSA) is 114 Å². The van der Waals surface area contributed by atoms with E-state index in [9.17, 15) is 19.8 Å². The predicted octanol–water partition coefficient (Wildman–Crippen LogP) is 2.78. The summed E-state index contributed by atoms with van der Waals surface area (Å²) in [6.07, 6.45) is 5.92. The third-order valence-electron chi connectivity index (χ3n) is 5.59. The molecule has 0 bridgehead atoms. The quantitative estimate of drug-likeness (QED) is 0.613. The molecule has 0 amide bonds. The van der Waals surface area contributed by atoms with Crippen molar-refractivity contribution in [1.82, 2.24) is 9.55 Å². The van der Waals surface area contributed by atoms with Gasteiger partial charge in [0.05, 0.1) is 25.2 Å². The molecule has 8 nitrogen and oxygen atoms in total. The average molecular weight is 438 g/mol. The van der Waals surface area contributed by atoms with Crippen molar-refractivity contribution < 1.29 is 19.7 Å². The fourth-order valence-electron chi connectivity index (χ4n) is 3.93. The van der Waals surface area contributed by atoms with Gasteiger partial charge in [-0.1, -0.05) is 49.4 Å². The molecule has 2 heterocycles. The third kappa shape index (κ3) is 4.61. The van der Waals surface area contributed by atoms with Gasteiger partial charge in [0, 0.05) is 6.20 Å². The summed E-state index contributed by atoms with van der Waals surface area (Å²) in [5.41, 5.74) is 2.37. The Bertz CT molecular complexity index is 1190. The summed E-state index contributed by atoms with van der Waals surface area (Å²) in [5, 5.41) is 19.0. The maximum absolute atomic E-state index is 12.3. The zero-order valence-corrected chi connectivity index (χ0v) is 17.8. The van der Waals surface area contributed by atoms with Crippen LogP contribution in [0.3, 0.4) is 0 Å². The van der Waals surface area contributed by atoms with Crippen molar-refractivity contribution in [2.75, 3.05) is 13.2 Å². The van der Waals surface area contributed by atoms with E-state index in [1.165, 1.54) is 10.8 Å². The van der Waals surface area contributed by atoms with Crippen molar-refractivity contribution in [3.8, 4) is 0 Å². The van der Waals surface area contributed by atoms with Crippen molar-refractivity contribution >= 4 is 5.57 Å². The Labute approximate surface area is 184 Å². The summed E-state index contributed by atoms with van der Waals surface area (Å²) < 4.78 is 12.5. The molecule has 32 heavy (non-hydrogen) atoms. The maximum Gasteiger partial charge on any atom is 0.331 e. The minimum absolute atomic E-state index is 0.00237. The molecular formula is C24H26N2O6. The molecule has 2 atom stereocenters. The van der Waals surface area contributed by atoms with Crippen LogP contribution in [0.4, 0.5) is 0 Å². The number of nitrogens with one attached hydrogen (secondary N) is 1. The lowest BCUT2D eigenvalue weighted by atomic mass is 9.88. The fourth-order valence-corrected chi connectivity index (χ4v) is 3.93. The van der Waals surface area contributed by atoms with Gasteiger partial charge in [0.25, 0.3) is 5.56 Å². The second kappa shape index (κ2) is 9.42. The number of rotatable bonds is 7. The van der Waals surface area contributed by atoms with Crippen LogP contribution in [0.15, 0.2) is 75.4 Å². The summed E-state index contributed by atoms with van der Waals surface area (Å²) >= 11 is 0. The Morgan fingerprint density at radius 2 is 2.00 bits per heavy atom. The first kappa shape index (κ1) is 21.9. The van der Waals surface area contributed by atoms with Crippen LogP contribution in [-0.4, -0.2) is 33.0 Å². The highest BCUT2D eigenvalue weighted by molar-refractivity contribution is 5.80. The number of benzene rings is 1. The van der Waals surface area contributed by atoms with Gasteiger partial charge in [-0.2, -0.15) is 0 Å². The number of aliphatic hydroxyl groups is 2. The molecule has 0 radical (unpaired) electrons. The highest BCUT2D eigenvalue weighted by Gasteiger charge is 2.27. The van der Waals surface area contributed by atoms with Gasteiger partial charge in [0.2, 0.25) is 0 Å². The molecule has 0 saturated carbocycles. The number of allylic oxidation sites excluding steroid dienone is 2. The van der Waals surface area contributed by atoms with E-state index in [1.54, 1.807) is 0 Å². The Balaban J connectivity index is 1.48. The summed E-state index contributed by atoms with van der Waals surface area (Å²) in [6.45, 7) is 1.99. The number of H-pyrrole nitrogens is 1. The second-order valence-electron chi connectivity index (χ2n) is 8.01. The molecule has 3 N–H and O–H groups in total. The monoisotopic (exact) mass is 438 g/mol. The van der Waals surface area contributed by atoms with Gasteiger partial charge in [-0.15, -0.1) is 0 Å². The smallest absolute Gasteiger partial charge is 0.331 e. The van der Waals surface area contributed by atoms with Crippen molar-refractivity contribution in [1.29, 1.82) is 0 Å². The zero-order valence-electron chi connectivity index (χ0n) is 17.8. The van der Waals surface area contributed by atoms with E-state index in [0.717, 1.165) is 23.1 Å². The lowest BCUT2D eigenvalue weighted by molar-refractivity contribution is 0.0581. The number of aromatic nitrogens is 2. The molecule has 0 spiro atoms. The van der Waals surface area contributed by atoms with Crippen LogP contribution >= 0.6 is 0 Å². The first-order valence-corrected chi connectivity index (χ1v) is 10.5. The van der Waals surface area contributed by atoms with Crippen molar-refractivity contribution in [3.63, 3.8) is 0 Å². The van der Waals surface area contributed by atoms with E-state index < -0.39 is 24.1 Å². The second-order valence-corrected chi connectivity index (χ2v) is 8.01. The maximum atomic E-state index is 12.3. The van der Waals surface area contributed by atoms with Gasteiger partial charge in [-0.25, -0.2) is 4.79 Å². The number of aromatic amines is 1. The Morgan fingerprint density at radius 3 is 2.72 bits per heavy atom. The normalized spacial score (nSPS) is 20.7. The first-order valence-electron chi connectivity index (χ1n) is 10.5. The molecule has 2 aromatic rings. The average Bonchev–Trinajstić information content (AvgIpc) is 3.16. The molecule has 1 unspecified atom stereocenters. The van der Waals surface area contributed by atoms with E-state index in [4.69, 9.17) is 9.47 Å². The fraction of sp³-hybridized carbons (Fsp3) is 0.333. The third-order valence-corrected chi connectivity index (χ3v) is 5.59. The van der Waals surface area contributed by atoms with Gasteiger partial charge >= 0.3 is 5.69 Å². The molecule has 1 aromatic heterocycles. The number of hydrogen-bond donors (Lipinski definition) is 3. The number of hydrogen-bond acceptors (Lipinski definition) is 6. The molecule has 0 fully saturated rings. The molecule has 2 aliphatic rings. The van der Waals surface area contributed by atoms with Gasteiger partial charge in [0.15, 0.2) is 12.0 Å². The molecular weight excluding hydrogens is 412 g/mol. The standard InChI is InChI=1S/C24H26N2O6/c1-15-7-8-19(16-5-3-2-4-6-16)17(9-15)13-31-14-18-11-26(24(30)25-23(18)29)22-10-20(28)21(12-27)32-22/h2-6,8-9,11,15,22,27-28H,7,10,12-14H2,1H3,(H,25,29,30)/t15?,22-/m1/s1. The van der Waals surface area contributed by atoms with Gasteiger partial charge in [-0.3, -0.25) is 14.3 Å². The Kier molecular flexibility index (Phi) is 6.43. The molecule has 1 aliphatic heterocycles. The van der Waals surface area contributed by atoms with Crippen LogP contribution in [-0.2, 0) is 16.1 Å². The van der Waals surface area contributed by atoms with Crippen molar-refractivity contribution in [2.24, 2.45) is 5.92 Å². The molecule has 0 saturated heterocycles. The molecule has 1 aromatic carbocycles. The highest BCUT2D eigenvalue weighted by atomic mass is 16.5. The summed E-state index contributed by atoms with van der Waals surface area (Å²) in [5.74, 6) is 0.295. The summed E-state index contributed by atoms with van der Waals surface area (Å²) in [4.78, 5) is 26.8. The minimum atomic E-state index is -0.838. The molecule has 8 heteroatoms. The van der Waals surface area contributed by atoms with Crippen LogP contribution < -0.4 is 11.2 Å². The molecule has 1 aliphatic carbocycles. The predicted molar refractivity (Wildman–Crippen MR) is 119 cm³/mol. The Hall–Kier alpha value is -3.36. The van der Waals surface area contributed by atoms with Gasteiger partial charge in [-0.05, 0) is 29.0 Å². The van der Waals surface area contributed by atoms with Crippen molar-refractivity contribution in [3.05, 3.63) is 97.7 Å². The first-order chi connectivity index (χ1) is 15.5. The highest BCUT2D eigenvalue weighted by Crippen LogP contribution is 2.31. The lowest BCUT2D eigenvalue weighted by Gasteiger charge is -2.20. The van der Waals surface area contributed by atoms with Crippen molar-refractivity contribution in [2.45, 2.75) is 32.6 Å². The number of ether oxygens (including phenoxy) is 2. The molecule has 4 rings (SSSR count). The minimum Gasteiger partial charge on any atom is -0.508 e. The number of nitrogens with zero attached hydrogens (tertiary/aromatic N) is 1. The summed E-state index contributed by atoms with van der Waals surface area (Å²) in [7, 11) is 0. The van der Waals surface area contributed by atoms with Crippen LogP contribution in [0.2, 0.25) is 0 Å².